The highest BCUT2D eigenvalue weighted by Crippen LogP contribution is 2.37. The van der Waals surface area contributed by atoms with Crippen LogP contribution in [0.1, 0.15) is 39.5 Å². The molecule has 0 aliphatic carbocycles. The summed E-state index contributed by atoms with van der Waals surface area (Å²) < 4.78 is 5.20. The summed E-state index contributed by atoms with van der Waals surface area (Å²) in [7, 11) is 0. The van der Waals surface area contributed by atoms with E-state index >= 15 is 0 Å². The minimum absolute atomic E-state index is 0.188. The molecule has 0 bridgehead atoms. The molecule has 2 aliphatic heterocycles. The lowest BCUT2D eigenvalue weighted by atomic mass is 9.82. The van der Waals surface area contributed by atoms with Gasteiger partial charge in [0.25, 0.3) is 0 Å². The van der Waals surface area contributed by atoms with E-state index in [1.807, 2.05) is 6.92 Å². The lowest BCUT2D eigenvalue weighted by Gasteiger charge is -2.27. The number of nitrogens with one attached hydrogen (secondary N) is 2. The van der Waals surface area contributed by atoms with Crippen molar-refractivity contribution < 1.29 is 14.6 Å². The second-order valence-corrected chi connectivity index (χ2v) is 5.56. The van der Waals surface area contributed by atoms with E-state index in [-0.39, 0.29) is 18.1 Å². The van der Waals surface area contributed by atoms with Crippen LogP contribution in [0.2, 0.25) is 0 Å². The molecule has 0 aromatic heterocycles. The van der Waals surface area contributed by atoms with Gasteiger partial charge in [-0.05, 0) is 13.3 Å². The maximum absolute atomic E-state index is 12.2. The highest BCUT2D eigenvalue weighted by Gasteiger charge is 2.57. The molecule has 2 rings (SSSR count). The first kappa shape index (κ1) is 13.8. The molecule has 5 nitrogen and oxygen atoms in total. The van der Waals surface area contributed by atoms with Gasteiger partial charge in [-0.25, -0.2) is 0 Å². The summed E-state index contributed by atoms with van der Waals surface area (Å²) in [5.74, 6) is -0.281. The normalized spacial score (nSPS) is 30.4. The van der Waals surface area contributed by atoms with Crippen molar-refractivity contribution in [3.8, 4) is 0 Å². The van der Waals surface area contributed by atoms with Crippen LogP contribution < -0.4 is 10.6 Å². The number of hydrogen-bond acceptors (Lipinski definition) is 5. The van der Waals surface area contributed by atoms with E-state index in [0.717, 1.165) is 32.4 Å². The largest absolute Gasteiger partial charge is 0.435 e. The molecule has 104 valence electrons. The Kier molecular flexibility index (Phi) is 4.25. The van der Waals surface area contributed by atoms with E-state index in [2.05, 4.69) is 17.6 Å². The van der Waals surface area contributed by atoms with E-state index in [9.17, 15) is 9.90 Å². The smallest absolute Gasteiger partial charge is 0.317 e. The van der Waals surface area contributed by atoms with Crippen LogP contribution in [-0.2, 0) is 9.53 Å². The van der Waals surface area contributed by atoms with Crippen molar-refractivity contribution in [2.24, 2.45) is 5.41 Å². The van der Waals surface area contributed by atoms with Crippen LogP contribution in [-0.4, -0.2) is 42.5 Å². The van der Waals surface area contributed by atoms with Gasteiger partial charge in [0.2, 0.25) is 6.29 Å². The van der Waals surface area contributed by atoms with Gasteiger partial charge in [0.05, 0.1) is 5.41 Å². The minimum atomic E-state index is -0.958. The molecule has 2 fully saturated rings. The predicted molar refractivity (Wildman–Crippen MR) is 67.9 cm³/mol. The number of hydrogen-bond donors (Lipinski definition) is 3. The fourth-order valence-corrected chi connectivity index (χ4v) is 2.37. The third-order valence-corrected chi connectivity index (χ3v) is 4.00. The van der Waals surface area contributed by atoms with Crippen molar-refractivity contribution >= 4 is 5.97 Å². The summed E-state index contributed by atoms with van der Waals surface area (Å²) in [4.78, 5) is 12.2. The maximum Gasteiger partial charge on any atom is 0.317 e. The molecule has 0 aromatic carbocycles. The summed E-state index contributed by atoms with van der Waals surface area (Å²) in [5, 5.41) is 16.1. The Hall–Kier alpha value is -0.650. The Labute approximate surface area is 108 Å². The number of carbonyl (C=O) groups is 1. The molecule has 3 N–H and O–H groups in total. The average Bonchev–Trinajstić information content (AvgIpc) is 3.19. The van der Waals surface area contributed by atoms with Crippen LogP contribution in [0.5, 0.6) is 0 Å². The summed E-state index contributed by atoms with van der Waals surface area (Å²) in [6, 6.07) is 0.376. The monoisotopic (exact) mass is 256 g/mol. The number of aliphatic hydroxyl groups is 1. The molecule has 3 atom stereocenters. The lowest BCUT2D eigenvalue weighted by Crippen LogP contribution is -2.44. The molecule has 5 heteroatoms. The van der Waals surface area contributed by atoms with Crippen LogP contribution in [0.15, 0.2) is 0 Å². The molecule has 0 radical (unpaired) electrons. The van der Waals surface area contributed by atoms with Crippen molar-refractivity contribution in [1.29, 1.82) is 0 Å². The molecular formula is C13H24N2O3. The third-order valence-electron chi connectivity index (χ3n) is 4.00. The van der Waals surface area contributed by atoms with Crippen LogP contribution in [0, 0.1) is 5.41 Å². The minimum Gasteiger partial charge on any atom is -0.435 e. The van der Waals surface area contributed by atoms with E-state index < -0.39 is 11.7 Å². The molecule has 0 spiro atoms. The number of aliphatic hydroxyl groups excluding tert-OH is 1. The topological polar surface area (TPSA) is 90.4 Å². The zero-order valence-corrected chi connectivity index (χ0v) is 11.2. The predicted octanol–water partition coefficient (Wildman–Crippen LogP) is 0.378. The lowest BCUT2D eigenvalue weighted by molar-refractivity contribution is -0.180. The Morgan fingerprint density at radius 2 is 1.94 bits per heavy atom. The Bertz CT molecular complexity index is 289. The molecule has 0 aromatic rings. The number of carbonyl (C=O) groups excluding carboxylic acids is 1. The highest BCUT2D eigenvalue weighted by molar-refractivity contribution is 5.80. The standard InChI is InChI=1S/C13H24N2O3/c1-3-4-5-6-11(16)18-12(17)13(2,9-7-14-9)10-8-15-10/h9-11,14-16H,3-8H2,1-2H3. The van der Waals surface area contributed by atoms with Gasteiger partial charge in [-0.2, -0.15) is 0 Å². The van der Waals surface area contributed by atoms with Gasteiger partial charge >= 0.3 is 5.97 Å². The Morgan fingerprint density at radius 1 is 1.39 bits per heavy atom. The first-order valence-electron chi connectivity index (χ1n) is 6.95. The van der Waals surface area contributed by atoms with Gasteiger partial charge in [0.1, 0.15) is 0 Å². The summed E-state index contributed by atoms with van der Waals surface area (Å²) in [5.41, 5.74) is -0.536. The van der Waals surface area contributed by atoms with Gasteiger partial charge in [-0.1, -0.05) is 19.8 Å². The number of esters is 1. The van der Waals surface area contributed by atoms with Crippen molar-refractivity contribution in [3.05, 3.63) is 0 Å². The number of rotatable bonds is 8. The fourth-order valence-electron chi connectivity index (χ4n) is 2.37. The fraction of sp³-hybridized carbons (Fsp3) is 0.923. The molecule has 2 aliphatic rings. The van der Waals surface area contributed by atoms with Crippen molar-refractivity contribution in [2.45, 2.75) is 57.9 Å². The SMILES string of the molecule is CCCCCC(O)OC(=O)C(C)(C1CN1)C1CN1. The summed E-state index contributed by atoms with van der Waals surface area (Å²) in [6.07, 6.45) is 2.62. The van der Waals surface area contributed by atoms with Crippen LogP contribution in [0.4, 0.5) is 0 Å². The molecule has 3 unspecified atom stereocenters. The second-order valence-electron chi connectivity index (χ2n) is 5.56. The third kappa shape index (κ3) is 3.02. The quantitative estimate of drug-likeness (QED) is 0.253. The average molecular weight is 256 g/mol. The van der Waals surface area contributed by atoms with Gasteiger partial charge < -0.3 is 20.5 Å². The number of unbranched alkanes of at least 4 members (excludes halogenated alkanes) is 2. The molecule has 2 saturated heterocycles. The van der Waals surface area contributed by atoms with Crippen LogP contribution >= 0.6 is 0 Å². The Balaban J connectivity index is 1.82. The van der Waals surface area contributed by atoms with Gasteiger partial charge in [-0.15, -0.1) is 0 Å². The van der Waals surface area contributed by atoms with E-state index in [0.29, 0.717) is 6.42 Å². The van der Waals surface area contributed by atoms with E-state index in [4.69, 9.17) is 4.74 Å². The molecule has 0 saturated carbocycles. The van der Waals surface area contributed by atoms with Crippen molar-refractivity contribution in [2.75, 3.05) is 13.1 Å². The highest BCUT2D eigenvalue weighted by atomic mass is 16.6. The second kappa shape index (κ2) is 5.55. The van der Waals surface area contributed by atoms with Crippen molar-refractivity contribution in [3.63, 3.8) is 0 Å². The van der Waals surface area contributed by atoms with Gasteiger partial charge in [0, 0.05) is 31.6 Å². The zero-order chi connectivity index (χ0) is 13.2. The molecule has 2 heterocycles. The maximum atomic E-state index is 12.2. The van der Waals surface area contributed by atoms with Gasteiger partial charge in [-0.3, -0.25) is 4.79 Å². The summed E-state index contributed by atoms with van der Waals surface area (Å²) >= 11 is 0. The number of ether oxygens (including phenoxy) is 1. The summed E-state index contributed by atoms with van der Waals surface area (Å²) in [6.45, 7) is 5.74. The van der Waals surface area contributed by atoms with Crippen LogP contribution in [0.3, 0.4) is 0 Å². The van der Waals surface area contributed by atoms with Crippen molar-refractivity contribution in [1.82, 2.24) is 10.6 Å². The molecule has 18 heavy (non-hydrogen) atoms. The van der Waals surface area contributed by atoms with E-state index in [1.54, 1.807) is 0 Å². The van der Waals surface area contributed by atoms with E-state index in [1.165, 1.54) is 0 Å². The van der Waals surface area contributed by atoms with Crippen LogP contribution in [0.25, 0.3) is 0 Å². The molecular weight excluding hydrogens is 232 g/mol. The zero-order valence-electron chi connectivity index (χ0n) is 11.2. The van der Waals surface area contributed by atoms with Gasteiger partial charge in [0.15, 0.2) is 0 Å². The Morgan fingerprint density at radius 3 is 2.39 bits per heavy atom. The molecule has 0 amide bonds. The first-order chi connectivity index (χ1) is 8.59. The first-order valence-corrected chi connectivity index (χ1v) is 6.95.